The van der Waals surface area contributed by atoms with Crippen molar-refractivity contribution in [3.63, 3.8) is 0 Å². The number of nitrogens with one attached hydrogen (secondary N) is 1. The van der Waals surface area contributed by atoms with Gasteiger partial charge in [-0.1, -0.05) is 26.0 Å². The van der Waals surface area contributed by atoms with E-state index in [0.717, 1.165) is 18.4 Å². The third kappa shape index (κ3) is 4.75. The molecule has 1 aromatic rings. The Kier molecular flexibility index (Phi) is 6.13. The third-order valence-electron chi connectivity index (χ3n) is 4.55. The summed E-state index contributed by atoms with van der Waals surface area (Å²) >= 11 is 0. The lowest BCUT2D eigenvalue weighted by atomic mass is 9.74. The number of amides is 1. The molecule has 0 radical (unpaired) electrons. The van der Waals surface area contributed by atoms with Crippen molar-refractivity contribution in [3.05, 3.63) is 35.6 Å². The van der Waals surface area contributed by atoms with Gasteiger partial charge in [-0.3, -0.25) is 4.79 Å². The Hall–Kier alpha value is -1.46. The van der Waals surface area contributed by atoms with Crippen LogP contribution in [0.3, 0.4) is 0 Å². The van der Waals surface area contributed by atoms with Crippen LogP contribution in [-0.4, -0.2) is 31.7 Å². The zero-order valence-corrected chi connectivity index (χ0v) is 14.0. The molecule has 1 saturated heterocycles. The van der Waals surface area contributed by atoms with Gasteiger partial charge in [0.1, 0.15) is 5.82 Å². The maximum atomic E-state index is 13.6. The molecule has 1 atom stereocenters. The van der Waals surface area contributed by atoms with Gasteiger partial charge in [0.15, 0.2) is 0 Å². The van der Waals surface area contributed by atoms with E-state index >= 15 is 0 Å². The number of hydrogen-bond acceptors (Lipinski definition) is 3. The van der Waals surface area contributed by atoms with E-state index in [1.165, 1.54) is 6.07 Å². The number of carbonyl (C=O) groups is 1. The van der Waals surface area contributed by atoms with Crippen LogP contribution < -0.4 is 11.1 Å². The van der Waals surface area contributed by atoms with Gasteiger partial charge in [-0.2, -0.15) is 0 Å². The predicted octanol–water partition coefficient (Wildman–Crippen LogP) is 2.36. The normalized spacial score (nSPS) is 18.7. The predicted molar refractivity (Wildman–Crippen MR) is 88.6 cm³/mol. The summed E-state index contributed by atoms with van der Waals surface area (Å²) in [6.07, 6.45) is 2.17. The summed E-state index contributed by atoms with van der Waals surface area (Å²) in [6.45, 7) is 5.78. The van der Waals surface area contributed by atoms with Crippen molar-refractivity contribution in [2.24, 2.45) is 11.7 Å². The molecule has 0 unspecified atom stereocenters. The minimum atomic E-state index is -0.501. The lowest BCUT2D eigenvalue weighted by Crippen LogP contribution is -2.49. The highest BCUT2D eigenvalue weighted by molar-refractivity contribution is 5.81. The highest BCUT2D eigenvalue weighted by Gasteiger charge is 2.35. The molecule has 0 aromatic heterocycles. The number of carbonyl (C=O) groups excluding carboxylic acids is 1. The Morgan fingerprint density at radius 3 is 2.70 bits per heavy atom. The first-order valence-corrected chi connectivity index (χ1v) is 8.30. The minimum Gasteiger partial charge on any atom is -0.381 e. The van der Waals surface area contributed by atoms with Crippen LogP contribution in [-0.2, 0) is 14.9 Å². The van der Waals surface area contributed by atoms with Crippen molar-refractivity contribution in [2.45, 2.75) is 44.6 Å². The number of benzene rings is 1. The molecule has 0 bridgehead atoms. The summed E-state index contributed by atoms with van der Waals surface area (Å²) in [5.74, 6) is -0.0202. The van der Waals surface area contributed by atoms with Crippen LogP contribution in [0, 0.1) is 11.7 Å². The maximum Gasteiger partial charge on any atom is 0.236 e. The van der Waals surface area contributed by atoms with E-state index < -0.39 is 6.04 Å². The molecule has 0 aliphatic carbocycles. The molecule has 1 aliphatic rings. The van der Waals surface area contributed by atoms with Crippen molar-refractivity contribution < 1.29 is 13.9 Å². The Labute approximate surface area is 137 Å². The smallest absolute Gasteiger partial charge is 0.236 e. The summed E-state index contributed by atoms with van der Waals surface area (Å²) in [7, 11) is 0. The van der Waals surface area contributed by atoms with Crippen LogP contribution in [0.1, 0.15) is 38.7 Å². The second-order valence-corrected chi connectivity index (χ2v) is 6.86. The van der Waals surface area contributed by atoms with E-state index in [-0.39, 0.29) is 17.1 Å². The van der Waals surface area contributed by atoms with Gasteiger partial charge in [0.25, 0.3) is 0 Å². The van der Waals surface area contributed by atoms with Crippen molar-refractivity contribution in [1.82, 2.24) is 5.32 Å². The Bertz CT molecular complexity index is 528. The number of nitrogens with two attached hydrogens (primary N) is 1. The molecule has 0 saturated carbocycles. The van der Waals surface area contributed by atoms with E-state index in [2.05, 4.69) is 5.32 Å². The van der Waals surface area contributed by atoms with Crippen LogP contribution in [0.4, 0.5) is 4.39 Å². The van der Waals surface area contributed by atoms with Crippen LogP contribution in [0.25, 0.3) is 0 Å². The van der Waals surface area contributed by atoms with E-state index in [1.807, 2.05) is 19.9 Å². The number of hydrogen-bond donors (Lipinski definition) is 2. The summed E-state index contributed by atoms with van der Waals surface area (Å²) in [5.41, 5.74) is 6.57. The monoisotopic (exact) mass is 322 g/mol. The van der Waals surface area contributed by atoms with Gasteiger partial charge in [-0.15, -0.1) is 0 Å². The molecule has 0 spiro atoms. The van der Waals surface area contributed by atoms with Crippen LogP contribution >= 0.6 is 0 Å². The molecular formula is C18H27FN2O2. The van der Waals surface area contributed by atoms with Crippen molar-refractivity contribution >= 4 is 5.91 Å². The van der Waals surface area contributed by atoms with Crippen molar-refractivity contribution in [1.29, 1.82) is 0 Å². The Morgan fingerprint density at radius 1 is 1.39 bits per heavy atom. The van der Waals surface area contributed by atoms with E-state index in [0.29, 0.717) is 32.1 Å². The number of halogens is 1. The zero-order chi connectivity index (χ0) is 16.9. The standard InChI is InChI=1S/C18H27FN2O2/c1-13(2)10-16(20)17(22)21-12-18(6-8-23-9-7-18)14-4-3-5-15(19)11-14/h3-5,11,13,16H,6-10,12,20H2,1-2H3,(H,21,22)/t16-/m1/s1. The van der Waals surface area contributed by atoms with Crippen molar-refractivity contribution in [2.75, 3.05) is 19.8 Å². The number of rotatable bonds is 6. The molecule has 2 rings (SSSR count). The van der Waals surface area contributed by atoms with Gasteiger partial charge >= 0.3 is 0 Å². The van der Waals surface area contributed by atoms with Crippen LogP contribution in [0.5, 0.6) is 0 Å². The van der Waals surface area contributed by atoms with Crippen molar-refractivity contribution in [3.8, 4) is 0 Å². The average Bonchev–Trinajstić information content (AvgIpc) is 2.53. The molecule has 128 valence electrons. The Morgan fingerprint density at radius 2 is 2.09 bits per heavy atom. The van der Waals surface area contributed by atoms with Crippen LogP contribution in [0.2, 0.25) is 0 Å². The summed E-state index contributed by atoms with van der Waals surface area (Å²) in [5, 5.41) is 2.97. The van der Waals surface area contributed by atoms with E-state index in [9.17, 15) is 9.18 Å². The molecule has 3 N–H and O–H groups in total. The molecule has 1 heterocycles. The Balaban J connectivity index is 2.09. The lowest BCUT2D eigenvalue weighted by Gasteiger charge is -2.38. The first-order valence-electron chi connectivity index (χ1n) is 8.30. The van der Waals surface area contributed by atoms with Gasteiger partial charge < -0.3 is 15.8 Å². The molecule has 1 fully saturated rings. The molecule has 1 aromatic carbocycles. The number of ether oxygens (including phenoxy) is 1. The van der Waals surface area contributed by atoms with Gasteiger partial charge in [0, 0.05) is 25.2 Å². The van der Waals surface area contributed by atoms with Gasteiger partial charge in [0.05, 0.1) is 6.04 Å². The first kappa shape index (κ1) is 17.9. The van der Waals surface area contributed by atoms with Gasteiger partial charge in [-0.05, 0) is 42.9 Å². The van der Waals surface area contributed by atoms with Crippen LogP contribution in [0.15, 0.2) is 24.3 Å². The lowest BCUT2D eigenvalue weighted by molar-refractivity contribution is -0.123. The fourth-order valence-corrected chi connectivity index (χ4v) is 3.15. The largest absolute Gasteiger partial charge is 0.381 e. The summed E-state index contributed by atoms with van der Waals surface area (Å²) in [4.78, 5) is 12.2. The quantitative estimate of drug-likeness (QED) is 0.845. The third-order valence-corrected chi connectivity index (χ3v) is 4.55. The van der Waals surface area contributed by atoms with E-state index in [1.54, 1.807) is 12.1 Å². The molecular weight excluding hydrogens is 295 g/mol. The molecule has 23 heavy (non-hydrogen) atoms. The fraction of sp³-hybridized carbons (Fsp3) is 0.611. The molecule has 4 nitrogen and oxygen atoms in total. The highest BCUT2D eigenvalue weighted by Crippen LogP contribution is 2.34. The van der Waals surface area contributed by atoms with Gasteiger partial charge in [-0.25, -0.2) is 4.39 Å². The van der Waals surface area contributed by atoms with Gasteiger partial charge in [0.2, 0.25) is 5.91 Å². The fourth-order valence-electron chi connectivity index (χ4n) is 3.15. The zero-order valence-electron chi connectivity index (χ0n) is 14.0. The SMILES string of the molecule is CC(C)C[C@@H](N)C(=O)NCC1(c2cccc(F)c2)CCOCC1. The summed E-state index contributed by atoms with van der Waals surface area (Å²) < 4.78 is 19.1. The topological polar surface area (TPSA) is 64.4 Å². The summed E-state index contributed by atoms with van der Waals surface area (Å²) in [6, 6.07) is 6.14. The first-order chi connectivity index (χ1) is 10.9. The maximum absolute atomic E-state index is 13.6. The molecule has 5 heteroatoms. The molecule has 1 aliphatic heterocycles. The van der Waals surface area contributed by atoms with E-state index in [4.69, 9.17) is 10.5 Å². The average molecular weight is 322 g/mol. The highest BCUT2D eigenvalue weighted by atomic mass is 19.1. The minimum absolute atomic E-state index is 0.138. The second kappa shape index (κ2) is 7.88. The second-order valence-electron chi connectivity index (χ2n) is 6.86. The molecule has 1 amide bonds.